The maximum atomic E-state index is 11.0. The van der Waals surface area contributed by atoms with Crippen LogP contribution in [0.25, 0.3) is 0 Å². The minimum Gasteiger partial charge on any atom is -0.481 e. The van der Waals surface area contributed by atoms with Crippen LogP contribution in [0.4, 0.5) is 0 Å². The van der Waals surface area contributed by atoms with E-state index in [0.717, 1.165) is 6.92 Å². The minimum atomic E-state index is -1.30. The van der Waals surface area contributed by atoms with E-state index in [0.29, 0.717) is 0 Å². The quantitative estimate of drug-likeness (QED) is 0.338. The van der Waals surface area contributed by atoms with Gasteiger partial charge in [-0.3, -0.25) is 9.59 Å². The first-order chi connectivity index (χ1) is 6.84. The maximum absolute atomic E-state index is 11.0. The van der Waals surface area contributed by atoms with Gasteiger partial charge in [0.1, 0.15) is 6.04 Å². The van der Waals surface area contributed by atoms with Crippen molar-refractivity contribution in [3.8, 4) is 0 Å². The van der Waals surface area contributed by atoms with E-state index in [2.05, 4.69) is 4.74 Å². The van der Waals surface area contributed by atoms with Crippen LogP contribution in [0, 0.1) is 0 Å². The Bertz CT molecular complexity index is 298. The number of Topliss-reactive ketones (excluding diaryl/α,β-unsaturated/α-hetero) is 1. The molecule has 0 spiro atoms. The van der Waals surface area contributed by atoms with Crippen LogP contribution in [-0.4, -0.2) is 34.8 Å². The number of rotatable bonds is 5. The predicted molar refractivity (Wildman–Crippen MR) is 46.6 cm³/mol. The molecule has 0 radical (unpaired) electrons. The lowest BCUT2D eigenvalue weighted by Crippen LogP contribution is -2.35. The Kier molecular flexibility index (Phi) is 5.18. The van der Waals surface area contributed by atoms with Crippen molar-refractivity contribution in [3.05, 3.63) is 0 Å². The summed E-state index contributed by atoms with van der Waals surface area (Å²) in [7, 11) is 0. The van der Waals surface area contributed by atoms with Crippen molar-refractivity contribution in [1.82, 2.24) is 0 Å². The van der Waals surface area contributed by atoms with Crippen LogP contribution in [0.3, 0.4) is 0 Å². The second-order valence-corrected chi connectivity index (χ2v) is 2.80. The van der Waals surface area contributed by atoms with Gasteiger partial charge in [-0.25, -0.2) is 9.59 Å². The Balaban J connectivity index is 4.04. The molecular formula is C8H11NO6. The molecule has 0 aliphatic rings. The molecule has 0 amide bonds. The number of aliphatic carboxylic acids is 1. The van der Waals surface area contributed by atoms with E-state index in [9.17, 15) is 19.2 Å². The molecule has 15 heavy (non-hydrogen) atoms. The Hall–Kier alpha value is -1.76. The molecule has 7 nitrogen and oxygen atoms in total. The smallest absolute Gasteiger partial charge is 0.381 e. The largest absolute Gasteiger partial charge is 0.481 e. The highest BCUT2D eigenvalue weighted by Gasteiger charge is 2.21. The van der Waals surface area contributed by atoms with E-state index in [1.54, 1.807) is 0 Å². The van der Waals surface area contributed by atoms with Gasteiger partial charge in [0.2, 0.25) is 5.78 Å². The van der Waals surface area contributed by atoms with E-state index in [-0.39, 0.29) is 12.8 Å². The summed E-state index contributed by atoms with van der Waals surface area (Å²) >= 11 is 0. The molecule has 84 valence electrons. The number of hydrogen-bond acceptors (Lipinski definition) is 6. The van der Waals surface area contributed by atoms with Gasteiger partial charge in [0.15, 0.2) is 0 Å². The summed E-state index contributed by atoms with van der Waals surface area (Å²) in [5, 5.41) is 8.29. The van der Waals surface area contributed by atoms with Crippen LogP contribution < -0.4 is 5.73 Å². The molecule has 0 aliphatic heterocycles. The zero-order chi connectivity index (χ0) is 12.0. The standard InChI is InChI=1S/C8H11NO6/c1-4(10)7(13)15-8(14)5(9)2-3-6(11)12/h5H,2-3,9H2,1H3,(H,11,12). The van der Waals surface area contributed by atoms with Crippen molar-refractivity contribution < 1.29 is 29.0 Å². The molecule has 0 saturated carbocycles. The first-order valence-electron chi connectivity index (χ1n) is 4.08. The number of esters is 2. The summed E-state index contributed by atoms with van der Waals surface area (Å²) in [5.74, 6) is -4.44. The van der Waals surface area contributed by atoms with Crippen LogP contribution in [0.2, 0.25) is 0 Å². The molecule has 3 N–H and O–H groups in total. The molecule has 0 rings (SSSR count). The molecule has 0 bridgehead atoms. The third-order valence-electron chi connectivity index (χ3n) is 1.45. The Labute approximate surface area is 85.2 Å². The summed E-state index contributed by atoms with van der Waals surface area (Å²) in [5.41, 5.74) is 5.21. The molecule has 1 atom stereocenters. The molecule has 0 aromatic heterocycles. The van der Waals surface area contributed by atoms with Crippen molar-refractivity contribution in [2.45, 2.75) is 25.8 Å². The third-order valence-corrected chi connectivity index (χ3v) is 1.45. The summed E-state index contributed by atoms with van der Waals surface area (Å²) in [4.78, 5) is 42.1. The molecule has 7 heteroatoms. The number of ether oxygens (including phenoxy) is 1. The summed E-state index contributed by atoms with van der Waals surface area (Å²) in [6, 6.07) is -1.22. The highest BCUT2D eigenvalue weighted by atomic mass is 16.6. The van der Waals surface area contributed by atoms with Crippen LogP contribution >= 0.6 is 0 Å². The SMILES string of the molecule is CC(=O)C(=O)OC(=O)C(N)CCC(=O)O. The first kappa shape index (κ1) is 13.2. The number of nitrogens with two attached hydrogens (primary N) is 1. The van der Waals surface area contributed by atoms with Crippen molar-refractivity contribution in [3.63, 3.8) is 0 Å². The van der Waals surface area contributed by atoms with Crippen molar-refractivity contribution in [2.24, 2.45) is 5.73 Å². The van der Waals surface area contributed by atoms with Crippen LogP contribution in [-0.2, 0) is 23.9 Å². The van der Waals surface area contributed by atoms with Gasteiger partial charge in [0, 0.05) is 13.3 Å². The van der Waals surface area contributed by atoms with Gasteiger partial charge in [-0.1, -0.05) is 0 Å². The van der Waals surface area contributed by atoms with Gasteiger partial charge in [0.05, 0.1) is 0 Å². The second-order valence-electron chi connectivity index (χ2n) is 2.80. The second kappa shape index (κ2) is 5.86. The third kappa shape index (κ3) is 5.53. The van der Waals surface area contributed by atoms with E-state index in [4.69, 9.17) is 10.8 Å². The number of carbonyl (C=O) groups excluding carboxylic acids is 3. The maximum Gasteiger partial charge on any atom is 0.381 e. The van der Waals surface area contributed by atoms with Gasteiger partial charge in [-0.15, -0.1) is 0 Å². The average molecular weight is 217 g/mol. The van der Waals surface area contributed by atoms with Crippen molar-refractivity contribution in [2.75, 3.05) is 0 Å². The van der Waals surface area contributed by atoms with Crippen molar-refractivity contribution in [1.29, 1.82) is 0 Å². The number of hydrogen-bond donors (Lipinski definition) is 2. The first-order valence-corrected chi connectivity index (χ1v) is 4.08. The minimum absolute atomic E-state index is 0.153. The molecule has 1 unspecified atom stereocenters. The molecule has 0 aromatic rings. The molecule has 0 saturated heterocycles. The number of carboxylic acids is 1. The van der Waals surface area contributed by atoms with E-state index < -0.39 is 29.7 Å². The fourth-order valence-corrected chi connectivity index (χ4v) is 0.636. The van der Waals surface area contributed by atoms with Gasteiger partial charge in [-0.2, -0.15) is 0 Å². The van der Waals surface area contributed by atoms with Crippen LogP contribution in [0.5, 0.6) is 0 Å². The fraction of sp³-hybridized carbons (Fsp3) is 0.500. The highest BCUT2D eigenvalue weighted by molar-refractivity contribution is 6.34. The van der Waals surface area contributed by atoms with Crippen LogP contribution in [0.15, 0.2) is 0 Å². The molecular weight excluding hydrogens is 206 g/mol. The lowest BCUT2D eigenvalue weighted by atomic mass is 10.2. The number of carbonyl (C=O) groups is 4. The zero-order valence-corrected chi connectivity index (χ0v) is 8.06. The Morgan fingerprint density at radius 1 is 1.33 bits per heavy atom. The normalized spacial score (nSPS) is 11.6. The van der Waals surface area contributed by atoms with Crippen LogP contribution in [0.1, 0.15) is 19.8 Å². The van der Waals surface area contributed by atoms with E-state index >= 15 is 0 Å². The summed E-state index contributed by atoms with van der Waals surface area (Å²) in [6.45, 7) is 0.943. The zero-order valence-electron chi connectivity index (χ0n) is 8.06. The van der Waals surface area contributed by atoms with Gasteiger partial charge >= 0.3 is 17.9 Å². The lowest BCUT2D eigenvalue weighted by Gasteiger charge is -2.07. The average Bonchev–Trinajstić information content (AvgIpc) is 2.13. The lowest BCUT2D eigenvalue weighted by molar-refractivity contribution is -0.164. The highest BCUT2D eigenvalue weighted by Crippen LogP contribution is 1.97. The van der Waals surface area contributed by atoms with Gasteiger partial charge in [-0.05, 0) is 6.42 Å². The van der Waals surface area contributed by atoms with E-state index in [1.807, 2.05) is 0 Å². The summed E-state index contributed by atoms with van der Waals surface area (Å²) in [6.07, 6.45) is -0.468. The molecule has 0 fully saturated rings. The monoisotopic (exact) mass is 217 g/mol. The molecule has 0 aromatic carbocycles. The van der Waals surface area contributed by atoms with Gasteiger partial charge < -0.3 is 15.6 Å². The topological polar surface area (TPSA) is 124 Å². The Morgan fingerprint density at radius 2 is 1.87 bits per heavy atom. The van der Waals surface area contributed by atoms with Gasteiger partial charge in [0.25, 0.3) is 0 Å². The Morgan fingerprint density at radius 3 is 2.27 bits per heavy atom. The van der Waals surface area contributed by atoms with Crippen molar-refractivity contribution >= 4 is 23.7 Å². The fourth-order valence-electron chi connectivity index (χ4n) is 0.636. The van der Waals surface area contributed by atoms with E-state index in [1.165, 1.54) is 0 Å². The predicted octanol–water partition coefficient (Wildman–Crippen LogP) is -1.16. The number of ketones is 1. The summed E-state index contributed by atoms with van der Waals surface area (Å²) < 4.78 is 4.06. The molecule has 0 heterocycles. The number of carboxylic acid groups (broad SMARTS) is 1. The molecule has 0 aliphatic carbocycles.